The summed E-state index contributed by atoms with van der Waals surface area (Å²) in [5.41, 5.74) is 0.421. The van der Waals surface area contributed by atoms with E-state index in [4.69, 9.17) is 13.9 Å². The Morgan fingerprint density at radius 1 is 1.17 bits per heavy atom. The second kappa shape index (κ2) is 9.17. The van der Waals surface area contributed by atoms with E-state index in [1.165, 1.54) is 18.4 Å². The van der Waals surface area contributed by atoms with Crippen molar-refractivity contribution in [2.45, 2.75) is 26.3 Å². The Labute approximate surface area is 172 Å². The van der Waals surface area contributed by atoms with Crippen molar-refractivity contribution >= 4 is 23.9 Å². The van der Waals surface area contributed by atoms with Crippen LogP contribution in [0.2, 0.25) is 0 Å². The van der Waals surface area contributed by atoms with Crippen molar-refractivity contribution in [1.29, 1.82) is 0 Å². The number of furan rings is 1. The molecule has 1 atom stereocenters. The van der Waals surface area contributed by atoms with E-state index in [0.717, 1.165) is 0 Å². The second-order valence-electron chi connectivity index (χ2n) is 7.10. The van der Waals surface area contributed by atoms with Crippen LogP contribution in [0.5, 0.6) is 11.5 Å². The number of fused-ring (bicyclic) bond motifs is 1. The molecule has 0 radical (unpaired) electrons. The second-order valence-corrected chi connectivity index (χ2v) is 7.10. The molecule has 9 nitrogen and oxygen atoms in total. The van der Waals surface area contributed by atoms with Crippen LogP contribution in [0.15, 0.2) is 46.7 Å². The minimum Gasteiger partial charge on any atom is -0.480 e. The van der Waals surface area contributed by atoms with Crippen LogP contribution in [0.1, 0.15) is 36.4 Å². The summed E-state index contributed by atoms with van der Waals surface area (Å²) in [4.78, 5) is 36.8. The average Bonchev–Trinajstić information content (AvgIpc) is 3.37. The smallest absolute Gasteiger partial charge is 0.326 e. The van der Waals surface area contributed by atoms with Gasteiger partial charge in [0.2, 0.25) is 6.79 Å². The molecule has 9 heteroatoms. The highest BCUT2D eigenvalue weighted by Crippen LogP contribution is 2.33. The molecule has 0 saturated carbocycles. The van der Waals surface area contributed by atoms with E-state index in [-0.39, 0.29) is 30.6 Å². The highest BCUT2D eigenvalue weighted by Gasteiger charge is 2.24. The molecule has 1 aromatic carbocycles. The van der Waals surface area contributed by atoms with Crippen molar-refractivity contribution in [3.8, 4) is 11.5 Å². The summed E-state index contributed by atoms with van der Waals surface area (Å²) >= 11 is 0. The summed E-state index contributed by atoms with van der Waals surface area (Å²) in [5, 5.41) is 14.4. The van der Waals surface area contributed by atoms with Crippen LogP contribution >= 0.6 is 0 Å². The summed E-state index contributed by atoms with van der Waals surface area (Å²) < 4.78 is 15.7. The van der Waals surface area contributed by atoms with Crippen LogP contribution in [-0.2, 0) is 9.59 Å². The predicted octanol–water partition coefficient (Wildman–Crippen LogP) is 2.39. The largest absolute Gasteiger partial charge is 0.480 e. The number of carboxylic acids is 1. The SMILES string of the molecule is CC(C)CC(NC(=O)C(=Cc1ccc2c(c1)OCO2)NC(=O)c1ccco1)C(=O)O. The van der Waals surface area contributed by atoms with Gasteiger partial charge in [0.05, 0.1) is 6.26 Å². The van der Waals surface area contributed by atoms with Gasteiger partial charge in [-0.15, -0.1) is 0 Å². The summed E-state index contributed by atoms with van der Waals surface area (Å²) in [6.45, 7) is 3.80. The van der Waals surface area contributed by atoms with Gasteiger partial charge in [-0.2, -0.15) is 0 Å². The first-order chi connectivity index (χ1) is 14.3. The van der Waals surface area contributed by atoms with E-state index in [1.807, 2.05) is 13.8 Å². The van der Waals surface area contributed by atoms with E-state index in [9.17, 15) is 19.5 Å². The Hall–Kier alpha value is -3.75. The Bertz CT molecular complexity index is 964. The molecule has 0 bridgehead atoms. The van der Waals surface area contributed by atoms with E-state index < -0.39 is 23.8 Å². The zero-order valence-corrected chi connectivity index (χ0v) is 16.5. The number of hydrogen-bond acceptors (Lipinski definition) is 6. The van der Waals surface area contributed by atoms with E-state index in [2.05, 4.69) is 10.6 Å². The molecule has 0 spiro atoms. The standard InChI is InChI=1S/C21H22N2O7/c1-12(2)8-15(21(26)27)23-19(24)14(22-20(25)17-4-3-7-28-17)9-13-5-6-16-18(10-13)30-11-29-16/h3-7,9-10,12,15H,8,11H2,1-2H3,(H,22,25)(H,23,24)(H,26,27). The van der Waals surface area contributed by atoms with Gasteiger partial charge in [0.15, 0.2) is 17.3 Å². The summed E-state index contributed by atoms with van der Waals surface area (Å²) in [6, 6.07) is 6.90. The number of rotatable bonds is 8. The lowest BCUT2D eigenvalue weighted by Gasteiger charge is -2.18. The molecule has 1 aliphatic heterocycles. The van der Waals surface area contributed by atoms with Gasteiger partial charge in [0.25, 0.3) is 11.8 Å². The molecule has 30 heavy (non-hydrogen) atoms. The van der Waals surface area contributed by atoms with Crippen molar-refractivity contribution in [2.24, 2.45) is 5.92 Å². The van der Waals surface area contributed by atoms with Gasteiger partial charge < -0.3 is 29.6 Å². The first kappa shape index (κ1) is 21.0. The van der Waals surface area contributed by atoms with E-state index in [1.54, 1.807) is 24.3 Å². The minimum absolute atomic E-state index is 0.0105. The predicted molar refractivity (Wildman–Crippen MR) is 106 cm³/mol. The highest BCUT2D eigenvalue weighted by molar-refractivity contribution is 6.05. The van der Waals surface area contributed by atoms with Gasteiger partial charge in [-0.1, -0.05) is 19.9 Å². The number of hydrogen-bond donors (Lipinski definition) is 3. The number of ether oxygens (including phenoxy) is 2. The fraction of sp³-hybridized carbons (Fsp3) is 0.286. The molecule has 1 aliphatic rings. The van der Waals surface area contributed by atoms with Gasteiger partial charge in [-0.05, 0) is 48.2 Å². The molecule has 158 valence electrons. The van der Waals surface area contributed by atoms with E-state index >= 15 is 0 Å². The Balaban J connectivity index is 1.87. The molecule has 2 heterocycles. The number of amides is 2. The molecular weight excluding hydrogens is 392 g/mol. The molecule has 0 aliphatic carbocycles. The first-order valence-corrected chi connectivity index (χ1v) is 9.33. The molecule has 0 fully saturated rings. The highest BCUT2D eigenvalue weighted by atomic mass is 16.7. The molecule has 3 N–H and O–H groups in total. The molecule has 2 amide bonds. The number of carboxylic acid groups (broad SMARTS) is 1. The molecule has 0 saturated heterocycles. The maximum atomic E-state index is 12.8. The normalized spacial score (nSPS) is 13.8. The topological polar surface area (TPSA) is 127 Å². The Kier molecular flexibility index (Phi) is 6.41. The molecular formula is C21H22N2O7. The number of carbonyl (C=O) groups is 3. The monoisotopic (exact) mass is 414 g/mol. The lowest BCUT2D eigenvalue weighted by molar-refractivity contribution is -0.141. The number of carbonyl (C=O) groups excluding carboxylic acids is 2. The molecule has 1 unspecified atom stereocenters. The van der Waals surface area contributed by atoms with Crippen molar-refractivity contribution < 1.29 is 33.4 Å². The maximum absolute atomic E-state index is 12.8. The van der Waals surface area contributed by atoms with Crippen LogP contribution < -0.4 is 20.1 Å². The number of benzene rings is 1. The van der Waals surface area contributed by atoms with Gasteiger partial charge in [-0.25, -0.2) is 4.79 Å². The average molecular weight is 414 g/mol. The van der Waals surface area contributed by atoms with Crippen LogP contribution in [0.25, 0.3) is 6.08 Å². The third-order valence-electron chi connectivity index (χ3n) is 4.26. The van der Waals surface area contributed by atoms with Gasteiger partial charge in [0.1, 0.15) is 11.7 Å². The molecule has 2 aromatic rings. The minimum atomic E-state index is -1.16. The van der Waals surface area contributed by atoms with Crippen LogP contribution in [0, 0.1) is 5.92 Å². The first-order valence-electron chi connectivity index (χ1n) is 9.33. The summed E-state index contributed by atoms with van der Waals surface area (Å²) in [7, 11) is 0. The lowest BCUT2D eigenvalue weighted by atomic mass is 10.0. The van der Waals surface area contributed by atoms with Crippen molar-refractivity contribution in [2.75, 3.05) is 6.79 Å². The summed E-state index contributed by atoms with van der Waals surface area (Å²) in [5.74, 6) is -1.40. The summed E-state index contributed by atoms with van der Waals surface area (Å²) in [6.07, 6.45) is 3.00. The molecule has 1 aromatic heterocycles. The van der Waals surface area contributed by atoms with E-state index in [0.29, 0.717) is 17.1 Å². The maximum Gasteiger partial charge on any atom is 0.326 e. The zero-order valence-electron chi connectivity index (χ0n) is 16.5. The Morgan fingerprint density at radius 2 is 1.93 bits per heavy atom. The van der Waals surface area contributed by atoms with Crippen LogP contribution in [0.4, 0.5) is 0 Å². The molecule has 3 rings (SSSR count). The lowest BCUT2D eigenvalue weighted by Crippen LogP contribution is -2.44. The third-order valence-corrected chi connectivity index (χ3v) is 4.26. The third kappa shape index (κ3) is 5.19. The fourth-order valence-corrected chi connectivity index (χ4v) is 2.85. The quantitative estimate of drug-likeness (QED) is 0.566. The van der Waals surface area contributed by atoms with Gasteiger partial charge in [-0.3, -0.25) is 9.59 Å². The van der Waals surface area contributed by atoms with Gasteiger partial charge >= 0.3 is 5.97 Å². The number of nitrogens with one attached hydrogen (secondary N) is 2. The van der Waals surface area contributed by atoms with Crippen LogP contribution in [-0.4, -0.2) is 35.7 Å². The van der Waals surface area contributed by atoms with Crippen molar-refractivity contribution in [3.05, 3.63) is 53.6 Å². The van der Waals surface area contributed by atoms with Crippen LogP contribution in [0.3, 0.4) is 0 Å². The van der Waals surface area contributed by atoms with Gasteiger partial charge in [0, 0.05) is 0 Å². The fourth-order valence-electron chi connectivity index (χ4n) is 2.85. The Morgan fingerprint density at radius 3 is 2.60 bits per heavy atom. The van der Waals surface area contributed by atoms with Crippen molar-refractivity contribution in [3.63, 3.8) is 0 Å². The zero-order chi connectivity index (χ0) is 21.7. The number of aliphatic carboxylic acids is 1. The van der Waals surface area contributed by atoms with Crippen molar-refractivity contribution in [1.82, 2.24) is 10.6 Å².